The zero-order valence-electron chi connectivity index (χ0n) is 11.6. The molecule has 0 aromatic heterocycles. The number of hydrogen-bond acceptors (Lipinski definition) is 1. The number of halogens is 1. The van der Waals surface area contributed by atoms with E-state index in [1.165, 1.54) is 25.9 Å². The van der Waals surface area contributed by atoms with Gasteiger partial charge >= 0.3 is 0 Å². The van der Waals surface area contributed by atoms with E-state index in [0.717, 1.165) is 6.54 Å². The molecule has 0 aliphatic rings. The molecule has 0 aliphatic heterocycles. The first-order valence-corrected chi connectivity index (χ1v) is 8.03. The van der Waals surface area contributed by atoms with E-state index in [1.807, 2.05) is 6.07 Å². The van der Waals surface area contributed by atoms with Crippen LogP contribution in [0.3, 0.4) is 0 Å². The van der Waals surface area contributed by atoms with Crippen LogP contribution in [0, 0.1) is 3.57 Å². The van der Waals surface area contributed by atoms with E-state index in [9.17, 15) is 0 Å². The number of nitrogens with one attached hydrogen (secondary N) is 1. The van der Waals surface area contributed by atoms with Gasteiger partial charge in [0.2, 0.25) is 0 Å². The summed E-state index contributed by atoms with van der Waals surface area (Å²) in [5.74, 6) is 0. The van der Waals surface area contributed by atoms with Crippen molar-refractivity contribution in [3.05, 3.63) is 88.0 Å². The highest BCUT2D eigenvalue weighted by Gasteiger charge is 2.00. The Hall–Kier alpha value is -1.81. The van der Waals surface area contributed by atoms with E-state index < -0.39 is 0 Å². The topological polar surface area (TPSA) is 12.0 Å². The Morgan fingerprint density at radius 1 is 0.667 bits per heavy atom. The van der Waals surface area contributed by atoms with Crippen molar-refractivity contribution in [1.29, 1.82) is 0 Å². The molecule has 0 aliphatic carbocycles. The third kappa shape index (κ3) is 3.64. The van der Waals surface area contributed by atoms with Crippen LogP contribution in [0.25, 0.3) is 11.1 Å². The molecule has 3 aromatic carbocycles. The second-order valence-electron chi connectivity index (χ2n) is 4.90. The van der Waals surface area contributed by atoms with E-state index >= 15 is 0 Å². The molecular formula is C19H16IN. The summed E-state index contributed by atoms with van der Waals surface area (Å²) in [7, 11) is 0. The summed E-state index contributed by atoms with van der Waals surface area (Å²) in [6.45, 7) is 0.842. The fraction of sp³-hybridized carbons (Fsp3) is 0.0526. The summed E-state index contributed by atoms with van der Waals surface area (Å²) in [5.41, 5.74) is 4.99. The molecule has 0 radical (unpaired) electrons. The third-order valence-electron chi connectivity index (χ3n) is 3.42. The van der Waals surface area contributed by atoms with Crippen LogP contribution < -0.4 is 5.32 Å². The average Bonchev–Trinajstić information content (AvgIpc) is 2.55. The normalized spacial score (nSPS) is 10.3. The Morgan fingerprint density at radius 2 is 1.29 bits per heavy atom. The smallest absolute Gasteiger partial charge is 0.0478 e. The van der Waals surface area contributed by atoms with Gasteiger partial charge in [-0.05, 0) is 51.4 Å². The van der Waals surface area contributed by atoms with Crippen LogP contribution in [0.4, 0.5) is 5.69 Å². The van der Waals surface area contributed by atoms with Gasteiger partial charge < -0.3 is 5.32 Å². The largest absolute Gasteiger partial charge is 0.380 e. The van der Waals surface area contributed by atoms with Crippen molar-refractivity contribution < 1.29 is 0 Å². The zero-order valence-corrected chi connectivity index (χ0v) is 13.7. The first kappa shape index (κ1) is 14.1. The molecule has 0 heterocycles. The molecule has 0 amide bonds. The SMILES string of the molecule is Ic1ccccc1NCc1ccc(-c2ccccc2)cc1. The lowest BCUT2D eigenvalue weighted by molar-refractivity contribution is 1.15. The van der Waals surface area contributed by atoms with Crippen LogP contribution in [0.15, 0.2) is 78.9 Å². The fourth-order valence-corrected chi connectivity index (χ4v) is 2.83. The van der Waals surface area contributed by atoms with E-state index in [0.29, 0.717) is 0 Å². The lowest BCUT2D eigenvalue weighted by atomic mass is 10.0. The van der Waals surface area contributed by atoms with E-state index in [-0.39, 0.29) is 0 Å². The molecule has 3 rings (SSSR count). The molecule has 0 unspecified atom stereocenters. The van der Waals surface area contributed by atoms with Gasteiger partial charge in [-0.3, -0.25) is 0 Å². The Kier molecular flexibility index (Phi) is 4.55. The Balaban J connectivity index is 1.69. The van der Waals surface area contributed by atoms with Gasteiger partial charge in [0.1, 0.15) is 0 Å². The van der Waals surface area contributed by atoms with Gasteiger partial charge in [0, 0.05) is 15.8 Å². The van der Waals surface area contributed by atoms with Crippen LogP contribution in [-0.2, 0) is 6.54 Å². The van der Waals surface area contributed by atoms with Gasteiger partial charge in [-0.25, -0.2) is 0 Å². The van der Waals surface area contributed by atoms with Crippen LogP contribution in [0.1, 0.15) is 5.56 Å². The first-order valence-electron chi connectivity index (χ1n) is 6.96. The number of anilines is 1. The van der Waals surface area contributed by atoms with Crippen molar-refractivity contribution in [2.45, 2.75) is 6.54 Å². The Bertz CT molecular complexity index is 705. The maximum absolute atomic E-state index is 3.48. The predicted molar refractivity (Wildman–Crippen MR) is 98.4 cm³/mol. The van der Waals surface area contributed by atoms with Gasteiger partial charge in [-0.15, -0.1) is 0 Å². The minimum Gasteiger partial charge on any atom is -0.380 e. The number of hydrogen-bond donors (Lipinski definition) is 1. The third-order valence-corrected chi connectivity index (χ3v) is 4.36. The van der Waals surface area contributed by atoms with Gasteiger partial charge in [-0.2, -0.15) is 0 Å². The Labute approximate surface area is 139 Å². The highest BCUT2D eigenvalue weighted by molar-refractivity contribution is 14.1. The molecule has 0 bridgehead atoms. The molecule has 0 saturated carbocycles. The lowest BCUT2D eigenvalue weighted by Crippen LogP contribution is -2.00. The van der Waals surface area contributed by atoms with Crippen molar-refractivity contribution in [2.75, 3.05) is 5.32 Å². The molecule has 21 heavy (non-hydrogen) atoms. The van der Waals surface area contributed by atoms with Crippen LogP contribution >= 0.6 is 22.6 Å². The Morgan fingerprint density at radius 3 is 2.00 bits per heavy atom. The molecule has 0 fully saturated rings. The van der Waals surface area contributed by atoms with Gasteiger partial charge in [-0.1, -0.05) is 66.7 Å². The average molecular weight is 385 g/mol. The van der Waals surface area contributed by atoms with Gasteiger partial charge in [0.05, 0.1) is 0 Å². The molecule has 0 atom stereocenters. The standard InChI is InChI=1S/C19H16IN/c20-18-8-4-5-9-19(18)21-14-15-10-12-17(13-11-15)16-6-2-1-3-7-16/h1-13,21H,14H2. The van der Waals surface area contributed by atoms with E-state index in [4.69, 9.17) is 0 Å². The molecule has 1 nitrogen and oxygen atoms in total. The second-order valence-corrected chi connectivity index (χ2v) is 6.06. The van der Waals surface area contributed by atoms with E-state index in [1.54, 1.807) is 0 Å². The van der Waals surface area contributed by atoms with Crippen LogP contribution in [0.2, 0.25) is 0 Å². The summed E-state index contributed by atoms with van der Waals surface area (Å²) in [6.07, 6.45) is 0. The molecule has 2 heteroatoms. The van der Waals surface area contributed by atoms with Crippen LogP contribution in [-0.4, -0.2) is 0 Å². The molecule has 0 saturated heterocycles. The van der Waals surface area contributed by atoms with E-state index in [2.05, 4.69) is 101 Å². The summed E-state index contributed by atoms with van der Waals surface area (Å²) in [4.78, 5) is 0. The molecule has 0 spiro atoms. The van der Waals surface area contributed by atoms with Crippen molar-refractivity contribution in [1.82, 2.24) is 0 Å². The number of benzene rings is 3. The van der Waals surface area contributed by atoms with Crippen molar-refractivity contribution in [3.63, 3.8) is 0 Å². The number of para-hydroxylation sites is 1. The summed E-state index contributed by atoms with van der Waals surface area (Å²) in [6, 6.07) is 27.5. The highest BCUT2D eigenvalue weighted by Crippen LogP contribution is 2.21. The summed E-state index contributed by atoms with van der Waals surface area (Å²) >= 11 is 2.35. The molecule has 3 aromatic rings. The van der Waals surface area contributed by atoms with Crippen molar-refractivity contribution in [2.24, 2.45) is 0 Å². The lowest BCUT2D eigenvalue weighted by Gasteiger charge is -2.09. The second kappa shape index (κ2) is 6.76. The quantitative estimate of drug-likeness (QED) is 0.579. The fourth-order valence-electron chi connectivity index (χ4n) is 2.25. The number of rotatable bonds is 4. The summed E-state index contributed by atoms with van der Waals surface area (Å²) < 4.78 is 1.25. The summed E-state index contributed by atoms with van der Waals surface area (Å²) in [5, 5.41) is 3.48. The molecular weight excluding hydrogens is 369 g/mol. The zero-order chi connectivity index (χ0) is 14.5. The van der Waals surface area contributed by atoms with Gasteiger partial charge in [0.15, 0.2) is 0 Å². The molecule has 1 N–H and O–H groups in total. The maximum atomic E-state index is 3.48. The van der Waals surface area contributed by atoms with Crippen molar-refractivity contribution >= 4 is 28.3 Å². The molecule has 104 valence electrons. The minimum absolute atomic E-state index is 0.842. The van der Waals surface area contributed by atoms with Gasteiger partial charge in [0.25, 0.3) is 0 Å². The minimum atomic E-state index is 0.842. The van der Waals surface area contributed by atoms with Crippen molar-refractivity contribution in [3.8, 4) is 11.1 Å². The monoisotopic (exact) mass is 385 g/mol. The van der Waals surface area contributed by atoms with Crippen LogP contribution in [0.5, 0.6) is 0 Å². The first-order chi connectivity index (χ1) is 10.3. The maximum Gasteiger partial charge on any atom is 0.0478 e. The predicted octanol–water partition coefficient (Wildman–Crippen LogP) is 5.57. The highest BCUT2D eigenvalue weighted by atomic mass is 127.